The van der Waals surface area contributed by atoms with E-state index in [4.69, 9.17) is 11.6 Å². The smallest absolute Gasteiger partial charge is 0.230 e. The number of aliphatic hydroxyl groups is 1. The number of hydrogen-bond acceptors (Lipinski definition) is 2. The second kappa shape index (κ2) is 5.93. The molecule has 1 aliphatic rings. The van der Waals surface area contributed by atoms with Crippen molar-refractivity contribution in [2.45, 2.75) is 32.3 Å². The Hall–Kier alpha value is -1.06. The lowest BCUT2D eigenvalue weighted by Gasteiger charge is -2.26. The van der Waals surface area contributed by atoms with Gasteiger partial charge in [0.05, 0.1) is 12.0 Å². The molecule has 1 aliphatic heterocycles. The Labute approximate surface area is 119 Å². The van der Waals surface area contributed by atoms with Gasteiger partial charge in [-0.1, -0.05) is 37.6 Å². The Morgan fingerprint density at radius 2 is 2.00 bits per heavy atom. The fraction of sp³-hybridized carbons (Fsp3) is 0.533. The van der Waals surface area contributed by atoms with Crippen LogP contribution in [-0.4, -0.2) is 35.1 Å². The summed E-state index contributed by atoms with van der Waals surface area (Å²) in [5.74, 6) is 0.155. The van der Waals surface area contributed by atoms with E-state index in [2.05, 4.69) is 0 Å². The highest BCUT2D eigenvalue weighted by molar-refractivity contribution is 6.30. The summed E-state index contributed by atoms with van der Waals surface area (Å²) in [6.07, 6.45) is 0.305. The molecule has 3 nitrogen and oxygen atoms in total. The van der Waals surface area contributed by atoms with Crippen LogP contribution in [0.4, 0.5) is 0 Å². The summed E-state index contributed by atoms with van der Waals surface area (Å²) in [7, 11) is 0. The van der Waals surface area contributed by atoms with Gasteiger partial charge in [0.15, 0.2) is 0 Å². The topological polar surface area (TPSA) is 40.5 Å². The fourth-order valence-electron chi connectivity index (χ4n) is 2.62. The zero-order chi connectivity index (χ0) is 14.0. The molecule has 0 saturated carbocycles. The highest BCUT2D eigenvalue weighted by Crippen LogP contribution is 2.29. The molecule has 0 aromatic heterocycles. The minimum atomic E-state index is -0.373. The average molecular weight is 282 g/mol. The fourth-order valence-corrected chi connectivity index (χ4v) is 2.75. The predicted molar refractivity (Wildman–Crippen MR) is 76.2 cm³/mol. The standard InChI is InChI=1S/C15H20ClNO2/c1-10(2)14(11-3-5-12(16)6-4-11)15(19)17-8-7-13(18)9-17/h3-6,10,13-14,18H,7-9H2,1-2H3. The lowest BCUT2D eigenvalue weighted by Crippen LogP contribution is -2.36. The lowest BCUT2D eigenvalue weighted by atomic mass is 9.87. The van der Waals surface area contributed by atoms with Crippen LogP contribution < -0.4 is 0 Å². The molecule has 0 radical (unpaired) electrons. The maximum Gasteiger partial charge on any atom is 0.230 e. The van der Waals surface area contributed by atoms with Crippen LogP contribution in [0.2, 0.25) is 5.02 Å². The normalized spacial score (nSPS) is 20.9. The van der Waals surface area contributed by atoms with Crippen molar-refractivity contribution >= 4 is 17.5 Å². The molecule has 1 heterocycles. The molecular weight excluding hydrogens is 262 g/mol. The number of rotatable bonds is 3. The van der Waals surface area contributed by atoms with Gasteiger partial charge in [0.25, 0.3) is 0 Å². The van der Waals surface area contributed by atoms with Crippen LogP contribution >= 0.6 is 11.6 Å². The maximum absolute atomic E-state index is 12.6. The molecule has 1 aromatic rings. The van der Waals surface area contributed by atoms with E-state index in [9.17, 15) is 9.90 Å². The van der Waals surface area contributed by atoms with Crippen molar-refractivity contribution < 1.29 is 9.90 Å². The molecule has 1 fully saturated rings. The van der Waals surface area contributed by atoms with E-state index in [-0.39, 0.29) is 23.8 Å². The third-order valence-corrected chi connectivity index (χ3v) is 3.89. The largest absolute Gasteiger partial charge is 0.391 e. The molecule has 19 heavy (non-hydrogen) atoms. The van der Waals surface area contributed by atoms with Gasteiger partial charge in [-0.15, -0.1) is 0 Å². The van der Waals surface area contributed by atoms with Crippen molar-refractivity contribution in [2.24, 2.45) is 5.92 Å². The van der Waals surface area contributed by atoms with Crippen LogP contribution in [0.3, 0.4) is 0 Å². The van der Waals surface area contributed by atoms with Gasteiger partial charge in [0.1, 0.15) is 0 Å². The molecular formula is C15H20ClNO2. The van der Waals surface area contributed by atoms with E-state index in [0.29, 0.717) is 24.5 Å². The highest BCUT2D eigenvalue weighted by Gasteiger charge is 2.32. The zero-order valence-electron chi connectivity index (χ0n) is 11.3. The first-order chi connectivity index (χ1) is 8.99. The molecule has 0 aliphatic carbocycles. The summed E-state index contributed by atoms with van der Waals surface area (Å²) < 4.78 is 0. The number of aliphatic hydroxyl groups excluding tert-OH is 1. The van der Waals surface area contributed by atoms with Crippen LogP contribution in [0.25, 0.3) is 0 Å². The number of amides is 1. The molecule has 1 amide bonds. The molecule has 1 N–H and O–H groups in total. The number of hydrogen-bond donors (Lipinski definition) is 1. The monoisotopic (exact) mass is 281 g/mol. The van der Waals surface area contributed by atoms with Gasteiger partial charge in [-0.3, -0.25) is 4.79 Å². The second-order valence-corrected chi connectivity index (χ2v) is 5.94. The van der Waals surface area contributed by atoms with Crippen molar-refractivity contribution in [2.75, 3.05) is 13.1 Å². The van der Waals surface area contributed by atoms with Gasteiger partial charge in [0, 0.05) is 18.1 Å². The third-order valence-electron chi connectivity index (χ3n) is 3.64. The van der Waals surface area contributed by atoms with E-state index in [1.54, 1.807) is 4.90 Å². The lowest BCUT2D eigenvalue weighted by molar-refractivity contribution is -0.133. The van der Waals surface area contributed by atoms with Gasteiger partial charge in [-0.25, -0.2) is 0 Å². The van der Waals surface area contributed by atoms with Crippen LogP contribution in [-0.2, 0) is 4.79 Å². The summed E-state index contributed by atoms with van der Waals surface area (Å²) >= 11 is 5.89. The highest BCUT2D eigenvalue weighted by atomic mass is 35.5. The molecule has 4 heteroatoms. The number of nitrogens with zero attached hydrogens (tertiary/aromatic N) is 1. The maximum atomic E-state index is 12.6. The molecule has 0 spiro atoms. The van der Waals surface area contributed by atoms with Gasteiger partial charge in [0.2, 0.25) is 5.91 Å². The SMILES string of the molecule is CC(C)C(C(=O)N1CCC(O)C1)c1ccc(Cl)cc1. The van der Waals surface area contributed by atoms with Crippen molar-refractivity contribution in [3.8, 4) is 0 Å². The Morgan fingerprint density at radius 3 is 2.47 bits per heavy atom. The molecule has 2 atom stereocenters. The predicted octanol–water partition coefficient (Wildman–Crippen LogP) is 2.67. The first-order valence-corrected chi connectivity index (χ1v) is 7.09. The van der Waals surface area contributed by atoms with Crippen LogP contribution in [0, 0.1) is 5.92 Å². The van der Waals surface area contributed by atoms with Gasteiger partial charge < -0.3 is 10.0 Å². The van der Waals surface area contributed by atoms with Crippen LogP contribution in [0.15, 0.2) is 24.3 Å². The van der Waals surface area contributed by atoms with Crippen molar-refractivity contribution in [1.29, 1.82) is 0 Å². The first-order valence-electron chi connectivity index (χ1n) is 6.71. The van der Waals surface area contributed by atoms with Crippen LogP contribution in [0.5, 0.6) is 0 Å². The molecule has 1 aromatic carbocycles. The minimum absolute atomic E-state index is 0.105. The van der Waals surface area contributed by atoms with Gasteiger partial charge in [-0.05, 0) is 30.0 Å². The molecule has 2 rings (SSSR count). The quantitative estimate of drug-likeness (QED) is 0.925. The minimum Gasteiger partial charge on any atom is -0.391 e. The number of β-amino-alcohol motifs (C(OH)–C–C–N with tert-alkyl or cyclic N) is 1. The van der Waals surface area contributed by atoms with E-state index in [1.807, 2.05) is 38.1 Å². The zero-order valence-corrected chi connectivity index (χ0v) is 12.1. The Balaban J connectivity index is 2.20. The summed E-state index contributed by atoms with van der Waals surface area (Å²) in [6, 6.07) is 7.46. The first kappa shape index (κ1) is 14.4. The Bertz CT molecular complexity index is 444. The average Bonchev–Trinajstić information content (AvgIpc) is 2.78. The number of carbonyl (C=O) groups is 1. The number of benzene rings is 1. The number of likely N-dealkylation sites (tertiary alicyclic amines) is 1. The number of halogens is 1. The molecule has 0 bridgehead atoms. The second-order valence-electron chi connectivity index (χ2n) is 5.50. The van der Waals surface area contributed by atoms with Gasteiger partial charge in [-0.2, -0.15) is 0 Å². The van der Waals surface area contributed by atoms with E-state index >= 15 is 0 Å². The van der Waals surface area contributed by atoms with E-state index in [0.717, 1.165) is 5.56 Å². The van der Waals surface area contributed by atoms with E-state index < -0.39 is 0 Å². The Kier molecular flexibility index (Phi) is 4.48. The van der Waals surface area contributed by atoms with Crippen molar-refractivity contribution in [3.05, 3.63) is 34.9 Å². The number of carbonyl (C=O) groups excluding carboxylic acids is 1. The van der Waals surface area contributed by atoms with Gasteiger partial charge >= 0.3 is 0 Å². The van der Waals surface area contributed by atoms with E-state index in [1.165, 1.54) is 0 Å². The van der Waals surface area contributed by atoms with Crippen molar-refractivity contribution in [1.82, 2.24) is 4.90 Å². The summed E-state index contributed by atoms with van der Waals surface area (Å²) in [4.78, 5) is 14.4. The third kappa shape index (κ3) is 3.28. The molecule has 104 valence electrons. The summed E-state index contributed by atoms with van der Waals surface area (Å²) in [5.41, 5.74) is 0.991. The molecule has 1 saturated heterocycles. The van der Waals surface area contributed by atoms with Crippen molar-refractivity contribution in [3.63, 3.8) is 0 Å². The molecule has 2 unspecified atom stereocenters. The summed E-state index contributed by atoms with van der Waals surface area (Å²) in [5, 5.41) is 10.2. The van der Waals surface area contributed by atoms with Crippen LogP contribution in [0.1, 0.15) is 31.7 Å². The summed E-state index contributed by atoms with van der Waals surface area (Å²) in [6.45, 7) is 5.19. The Morgan fingerprint density at radius 1 is 1.37 bits per heavy atom.